The zero-order valence-electron chi connectivity index (χ0n) is 9.54. The van der Waals surface area contributed by atoms with Crippen LogP contribution >= 0.6 is 54.8 Å². The van der Waals surface area contributed by atoms with E-state index in [1.54, 1.807) is 11.3 Å². The van der Waals surface area contributed by atoms with Gasteiger partial charge in [0.05, 0.1) is 15.6 Å². The van der Waals surface area contributed by atoms with Gasteiger partial charge in [0.25, 0.3) is 0 Å². The average molecular weight is 422 g/mol. The van der Waals surface area contributed by atoms with Crippen molar-refractivity contribution in [1.29, 1.82) is 0 Å². The number of hydrogen-bond acceptors (Lipinski definition) is 2. The number of carbonyl (C=O) groups excluding carboxylic acids is 1. The van der Waals surface area contributed by atoms with Gasteiger partial charge in [0.15, 0.2) is 0 Å². The van der Waals surface area contributed by atoms with E-state index in [0.717, 1.165) is 30.0 Å². The third-order valence-corrected chi connectivity index (χ3v) is 6.90. The Hall–Kier alpha value is -0.360. The molecule has 0 radical (unpaired) electrons. The van der Waals surface area contributed by atoms with Crippen molar-refractivity contribution in [3.05, 3.63) is 48.5 Å². The van der Waals surface area contributed by atoms with Gasteiger partial charge >= 0.3 is 0 Å². The molecule has 3 rings (SSSR count). The Morgan fingerprint density at radius 3 is 2.79 bits per heavy atom. The predicted octanol–water partition coefficient (Wildman–Crippen LogP) is 5.10. The zero-order chi connectivity index (χ0) is 13.6. The van der Waals surface area contributed by atoms with Crippen molar-refractivity contribution in [3.63, 3.8) is 0 Å². The molecule has 1 aliphatic rings. The normalized spacial score (nSPS) is 15.2. The average Bonchev–Trinajstić information content (AvgIpc) is 2.90. The molecule has 1 atom stereocenters. The van der Waals surface area contributed by atoms with E-state index in [4.69, 9.17) is 11.6 Å². The fraction of sp³-hybridized carbons (Fsp3) is 0.154. The van der Waals surface area contributed by atoms with E-state index in [0.29, 0.717) is 6.42 Å². The van der Waals surface area contributed by atoms with Gasteiger partial charge in [-0.2, -0.15) is 0 Å². The fourth-order valence-electron chi connectivity index (χ4n) is 2.06. The van der Waals surface area contributed by atoms with Crippen molar-refractivity contribution in [3.8, 4) is 0 Å². The number of carbonyl (C=O) groups is 1. The van der Waals surface area contributed by atoms with Crippen LogP contribution in [0.25, 0.3) is 0 Å². The second-order valence-electron chi connectivity index (χ2n) is 4.27. The molecule has 0 saturated carbocycles. The maximum absolute atomic E-state index is 11.3. The second-order valence-corrected chi connectivity index (χ2v) is 7.97. The van der Waals surface area contributed by atoms with Crippen LogP contribution in [0.3, 0.4) is 0 Å². The van der Waals surface area contributed by atoms with Gasteiger partial charge in [-0.25, -0.2) is 0 Å². The van der Waals surface area contributed by atoms with Crippen LogP contribution in [0.2, 0.25) is 0 Å². The molecule has 19 heavy (non-hydrogen) atoms. The maximum atomic E-state index is 11.3. The molecule has 98 valence electrons. The molecule has 1 aliphatic heterocycles. The maximum Gasteiger partial charge on any atom is 0.228 e. The number of rotatable bonds is 2. The predicted molar refractivity (Wildman–Crippen MR) is 86.2 cm³/mol. The van der Waals surface area contributed by atoms with Crippen LogP contribution in [0, 0.1) is 0 Å². The second kappa shape index (κ2) is 5.20. The number of nitrogens with one attached hydrogen (secondary N) is 1. The molecule has 0 aliphatic carbocycles. The molecular formula is C13H8Br2ClNOS. The van der Waals surface area contributed by atoms with Gasteiger partial charge in [0, 0.05) is 15.0 Å². The highest BCUT2D eigenvalue weighted by atomic mass is 79.9. The van der Waals surface area contributed by atoms with Crippen molar-refractivity contribution >= 4 is 66.4 Å². The minimum absolute atomic E-state index is 0.0416. The summed E-state index contributed by atoms with van der Waals surface area (Å²) >= 11 is 15.1. The first-order chi connectivity index (χ1) is 9.04. The summed E-state index contributed by atoms with van der Waals surface area (Å²) in [5, 5.41) is 2.62. The van der Waals surface area contributed by atoms with Crippen LogP contribution in [-0.4, -0.2) is 5.91 Å². The molecular weight excluding hydrogens is 413 g/mol. The number of hydrogen-bond donors (Lipinski definition) is 1. The van der Waals surface area contributed by atoms with Gasteiger partial charge in [-0.3, -0.25) is 4.79 Å². The molecule has 0 bridgehead atoms. The minimum atomic E-state index is -0.200. The Kier molecular flexibility index (Phi) is 3.73. The first-order valence-corrected chi connectivity index (χ1v) is 8.40. The molecule has 0 spiro atoms. The summed E-state index contributed by atoms with van der Waals surface area (Å²) in [6.07, 6.45) is 0.435. The van der Waals surface area contributed by atoms with Crippen molar-refractivity contribution in [2.75, 3.05) is 5.32 Å². The van der Waals surface area contributed by atoms with Crippen molar-refractivity contribution in [2.45, 2.75) is 11.8 Å². The molecule has 2 nitrogen and oxygen atoms in total. The van der Waals surface area contributed by atoms with Crippen LogP contribution in [0.4, 0.5) is 5.69 Å². The summed E-state index contributed by atoms with van der Waals surface area (Å²) in [5.74, 6) is 0.0416. The lowest BCUT2D eigenvalue weighted by molar-refractivity contribution is -0.115. The highest BCUT2D eigenvalue weighted by Gasteiger charge is 2.21. The Morgan fingerprint density at radius 2 is 2.11 bits per heavy atom. The van der Waals surface area contributed by atoms with E-state index >= 15 is 0 Å². The van der Waals surface area contributed by atoms with Gasteiger partial charge < -0.3 is 5.32 Å². The Bertz CT molecular complexity index is 651. The summed E-state index contributed by atoms with van der Waals surface area (Å²) in [5.41, 5.74) is 2.92. The van der Waals surface area contributed by atoms with E-state index in [1.165, 1.54) is 0 Å². The first kappa shape index (κ1) is 13.6. The highest BCUT2D eigenvalue weighted by Crippen LogP contribution is 2.41. The first-order valence-electron chi connectivity index (χ1n) is 5.56. The summed E-state index contributed by atoms with van der Waals surface area (Å²) < 4.78 is 2.04. The van der Waals surface area contributed by atoms with Gasteiger partial charge in [0.1, 0.15) is 0 Å². The van der Waals surface area contributed by atoms with Gasteiger partial charge in [-0.1, -0.05) is 12.1 Å². The summed E-state index contributed by atoms with van der Waals surface area (Å²) in [6, 6.07) is 7.90. The van der Waals surface area contributed by atoms with Crippen molar-refractivity contribution in [2.24, 2.45) is 0 Å². The van der Waals surface area contributed by atoms with Crippen LogP contribution in [0.1, 0.15) is 21.4 Å². The van der Waals surface area contributed by atoms with Crippen LogP contribution in [0.5, 0.6) is 0 Å². The molecule has 1 unspecified atom stereocenters. The SMILES string of the molecule is O=C1Cc2cc(C(Cl)c3cc(Br)c(Br)s3)ccc2N1. The van der Waals surface area contributed by atoms with Crippen molar-refractivity contribution < 1.29 is 4.79 Å². The molecule has 6 heteroatoms. The van der Waals surface area contributed by atoms with Crippen LogP contribution in [-0.2, 0) is 11.2 Å². The van der Waals surface area contributed by atoms with Crippen LogP contribution < -0.4 is 5.32 Å². The lowest BCUT2D eigenvalue weighted by Crippen LogP contribution is -2.03. The number of alkyl halides is 1. The number of thiophene rings is 1. The third kappa shape index (κ3) is 2.61. The Labute approximate surface area is 136 Å². The van der Waals surface area contributed by atoms with Gasteiger partial charge in [0.2, 0.25) is 5.91 Å². The van der Waals surface area contributed by atoms with E-state index in [9.17, 15) is 4.79 Å². The number of anilines is 1. The zero-order valence-corrected chi connectivity index (χ0v) is 14.3. The van der Waals surface area contributed by atoms with Gasteiger partial charge in [-0.15, -0.1) is 22.9 Å². The van der Waals surface area contributed by atoms with E-state index in [1.807, 2.05) is 24.3 Å². The van der Waals surface area contributed by atoms with E-state index in [2.05, 4.69) is 37.2 Å². The van der Waals surface area contributed by atoms with Crippen LogP contribution in [0.15, 0.2) is 32.5 Å². The molecule has 1 N–H and O–H groups in total. The molecule has 2 aromatic rings. The fourth-order valence-corrected chi connectivity index (χ4v) is 4.49. The Morgan fingerprint density at radius 1 is 1.32 bits per heavy atom. The number of halogens is 3. The summed E-state index contributed by atoms with van der Waals surface area (Å²) in [4.78, 5) is 12.4. The molecule has 1 aromatic carbocycles. The smallest absolute Gasteiger partial charge is 0.228 e. The molecule has 1 aromatic heterocycles. The molecule has 0 saturated heterocycles. The molecule has 2 heterocycles. The number of benzene rings is 1. The number of fused-ring (bicyclic) bond motifs is 1. The summed E-state index contributed by atoms with van der Waals surface area (Å²) in [6.45, 7) is 0. The quantitative estimate of drug-likeness (QED) is 0.672. The Balaban J connectivity index is 1.94. The largest absolute Gasteiger partial charge is 0.326 e. The third-order valence-electron chi connectivity index (χ3n) is 2.96. The van der Waals surface area contributed by atoms with Gasteiger partial charge in [-0.05, 0) is 55.1 Å². The van der Waals surface area contributed by atoms with E-state index in [-0.39, 0.29) is 11.3 Å². The lowest BCUT2D eigenvalue weighted by Gasteiger charge is -2.09. The summed E-state index contributed by atoms with van der Waals surface area (Å²) in [7, 11) is 0. The molecule has 0 fully saturated rings. The standard InChI is InChI=1S/C13H8Br2ClNOS/c14-8-5-10(19-13(8)15)12(16)6-1-2-9-7(3-6)4-11(18)17-9/h1-3,5,12H,4H2,(H,17,18). The van der Waals surface area contributed by atoms with Crippen molar-refractivity contribution in [1.82, 2.24) is 0 Å². The molecule has 1 amide bonds. The minimum Gasteiger partial charge on any atom is -0.326 e. The number of amides is 1. The highest BCUT2D eigenvalue weighted by molar-refractivity contribution is 9.13. The monoisotopic (exact) mass is 419 g/mol. The lowest BCUT2D eigenvalue weighted by atomic mass is 10.1. The topological polar surface area (TPSA) is 29.1 Å². The van der Waals surface area contributed by atoms with E-state index < -0.39 is 0 Å².